The summed E-state index contributed by atoms with van der Waals surface area (Å²) in [4.78, 5) is 10.5. The third kappa shape index (κ3) is 1.98. The Kier molecular flexibility index (Phi) is 2.68. The van der Waals surface area contributed by atoms with Crippen molar-refractivity contribution in [1.82, 2.24) is 9.97 Å². The molecule has 0 saturated heterocycles. The second-order valence-electron chi connectivity index (χ2n) is 4.49. The smallest absolute Gasteiger partial charge is 0.142 e. The number of aryl methyl sites for hydroxylation is 2. The van der Waals surface area contributed by atoms with Crippen LogP contribution in [0.5, 0.6) is 0 Å². The van der Waals surface area contributed by atoms with Crippen LogP contribution in [0.15, 0.2) is 18.2 Å². The number of hydrogen-bond acceptors (Lipinski definition) is 4. The average molecular weight is 245 g/mol. The summed E-state index contributed by atoms with van der Waals surface area (Å²) in [7, 11) is 0. The Morgan fingerprint density at radius 1 is 1.35 bits per heavy atom. The molecule has 1 unspecified atom stereocenters. The lowest BCUT2D eigenvalue weighted by Crippen LogP contribution is -2.15. The van der Waals surface area contributed by atoms with Gasteiger partial charge in [0.25, 0.3) is 0 Å². The Balaban J connectivity index is 2.05. The van der Waals surface area contributed by atoms with Gasteiger partial charge in [0.1, 0.15) is 5.01 Å². The van der Waals surface area contributed by atoms with Gasteiger partial charge in [0, 0.05) is 16.6 Å². The molecule has 0 bridgehead atoms. The molecule has 3 rings (SSSR count). The van der Waals surface area contributed by atoms with Gasteiger partial charge < -0.3 is 5.73 Å². The standard InChI is InChI=1S/C13H15N3S/c1-8-4-2-7-11(15-8)13-16-10-6-3-5-9(14)12(10)17-13/h2,4,7,9H,3,5-6,14H2,1H3. The SMILES string of the molecule is Cc1cccc(-c2nc3c(s2)C(N)CCC3)n1. The molecule has 88 valence electrons. The molecule has 3 nitrogen and oxygen atoms in total. The van der Waals surface area contributed by atoms with Crippen LogP contribution in [0.25, 0.3) is 10.7 Å². The second-order valence-corrected chi connectivity index (χ2v) is 5.52. The quantitative estimate of drug-likeness (QED) is 0.840. The molecule has 0 fully saturated rings. The van der Waals surface area contributed by atoms with Crippen molar-refractivity contribution in [2.24, 2.45) is 5.73 Å². The molecule has 2 aromatic rings. The van der Waals surface area contributed by atoms with Crippen LogP contribution in [-0.2, 0) is 6.42 Å². The monoisotopic (exact) mass is 245 g/mol. The fourth-order valence-electron chi connectivity index (χ4n) is 2.22. The van der Waals surface area contributed by atoms with E-state index in [-0.39, 0.29) is 6.04 Å². The molecule has 2 heterocycles. The highest BCUT2D eigenvalue weighted by Gasteiger charge is 2.22. The molecule has 0 spiro atoms. The first-order valence-corrected chi connectivity index (χ1v) is 6.75. The number of pyridine rings is 1. The topological polar surface area (TPSA) is 51.8 Å². The van der Waals surface area contributed by atoms with Gasteiger partial charge in [0.2, 0.25) is 0 Å². The number of nitrogens with zero attached hydrogens (tertiary/aromatic N) is 2. The van der Waals surface area contributed by atoms with Crippen molar-refractivity contribution in [3.05, 3.63) is 34.5 Å². The molecule has 0 aromatic carbocycles. The van der Waals surface area contributed by atoms with E-state index in [1.54, 1.807) is 11.3 Å². The summed E-state index contributed by atoms with van der Waals surface area (Å²) in [5, 5.41) is 1.01. The summed E-state index contributed by atoms with van der Waals surface area (Å²) in [5.41, 5.74) is 9.30. The molecule has 0 aliphatic heterocycles. The van der Waals surface area contributed by atoms with Gasteiger partial charge in [-0.1, -0.05) is 6.07 Å². The van der Waals surface area contributed by atoms with Gasteiger partial charge in [-0.2, -0.15) is 0 Å². The van der Waals surface area contributed by atoms with Crippen LogP contribution in [0.3, 0.4) is 0 Å². The van der Waals surface area contributed by atoms with E-state index in [2.05, 4.69) is 9.97 Å². The lowest BCUT2D eigenvalue weighted by Gasteiger charge is -2.15. The molecule has 0 saturated carbocycles. The zero-order valence-electron chi connectivity index (χ0n) is 9.81. The van der Waals surface area contributed by atoms with Gasteiger partial charge in [-0.15, -0.1) is 11.3 Å². The molecule has 1 aliphatic rings. The number of fused-ring (bicyclic) bond motifs is 1. The van der Waals surface area contributed by atoms with Gasteiger partial charge >= 0.3 is 0 Å². The number of hydrogen-bond donors (Lipinski definition) is 1. The molecule has 2 aromatic heterocycles. The summed E-state index contributed by atoms with van der Waals surface area (Å²) in [6.07, 6.45) is 3.29. The fourth-order valence-corrected chi connectivity index (χ4v) is 3.34. The molecule has 2 N–H and O–H groups in total. The fraction of sp³-hybridized carbons (Fsp3) is 0.385. The maximum absolute atomic E-state index is 6.12. The van der Waals surface area contributed by atoms with Crippen LogP contribution in [0.4, 0.5) is 0 Å². The molecular weight excluding hydrogens is 230 g/mol. The van der Waals surface area contributed by atoms with Crippen molar-refractivity contribution in [3.8, 4) is 10.7 Å². The zero-order chi connectivity index (χ0) is 11.8. The molecule has 0 radical (unpaired) electrons. The summed E-state index contributed by atoms with van der Waals surface area (Å²) in [6, 6.07) is 6.22. The number of aromatic nitrogens is 2. The van der Waals surface area contributed by atoms with Crippen LogP contribution < -0.4 is 5.73 Å². The van der Waals surface area contributed by atoms with Crippen molar-refractivity contribution in [2.75, 3.05) is 0 Å². The van der Waals surface area contributed by atoms with E-state index < -0.39 is 0 Å². The van der Waals surface area contributed by atoms with E-state index >= 15 is 0 Å². The Morgan fingerprint density at radius 3 is 3.00 bits per heavy atom. The average Bonchev–Trinajstić information content (AvgIpc) is 2.74. The van der Waals surface area contributed by atoms with Crippen molar-refractivity contribution in [2.45, 2.75) is 32.2 Å². The number of rotatable bonds is 1. The van der Waals surface area contributed by atoms with Crippen molar-refractivity contribution in [1.29, 1.82) is 0 Å². The Bertz CT molecular complexity index is 547. The van der Waals surface area contributed by atoms with Crippen molar-refractivity contribution < 1.29 is 0 Å². The summed E-state index contributed by atoms with van der Waals surface area (Å²) in [6.45, 7) is 2.00. The first-order valence-electron chi connectivity index (χ1n) is 5.93. The Labute approximate surface area is 105 Å². The Morgan fingerprint density at radius 2 is 2.24 bits per heavy atom. The van der Waals surface area contributed by atoms with Gasteiger partial charge in [-0.25, -0.2) is 4.98 Å². The lowest BCUT2D eigenvalue weighted by molar-refractivity contribution is 0.573. The predicted molar refractivity (Wildman–Crippen MR) is 69.9 cm³/mol. The molecule has 1 atom stereocenters. The van der Waals surface area contributed by atoms with Crippen LogP contribution in [0.1, 0.15) is 35.1 Å². The van der Waals surface area contributed by atoms with Crippen molar-refractivity contribution in [3.63, 3.8) is 0 Å². The lowest BCUT2D eigenvalue weighted by atomic mass is 9.99. The summed E-state index contributed by atoms with van der Waals surface area (Å²) >= 11 is 1.71. The minimum atomic E-state index is 0.176. The number of nitrogens with two attached hydrogens (primary N) is 1. The molecular formula is C13H15N3S. The van der Waals surface area contributed by atoms with Gasteiger partial charge in [-0.3, -0.25) is 4.98 Å². The first kappa shape index (κ1) is 10.9. The van der Waals surface area contributed by atoms with Gasteiger partial charge in [-0.05, 0) is 38.3 Å². The maximum atomic E-state index is 6.12. The van der Waals surface area contributed by atoms with Crippen LogP contribution >= 0.6 is 11.3 Å². The summed E-state index contributed by atoms with van der Waals surface area (Å²) < 4.78 is 0. The highest BCUT2D eigenvalue weighted by molar-refractivity contribution is 7.15. The van der Waals surface area contributed by atoms with E-state index in [0.717, 1.165) is 35.7 Å². The molecule has 4 heteroatoms. The van der Waals surface area contributed by atoms with Gasteiger partial charge in [0.05, 0.1) is 11.4 Å². The molecule has 0 amide bonds. The third-order valence-corrected chi connectivity index (χ3v) is 4.35. The maximum Gasteiger partial charge on any atom is 0.142 e. The van der Waals surface area contributed by atoms with E-state index in [1.165, 1.54) is 10.6 Å². The van der Waals surface area contributed by atoms with E-state index in [0.29, 0.717) is 0 Å². The van der Waals surface area contributed by atoms with Crippen LogP contribution in [0, 0.1) is 6.92 Å². The minimum Gasteiger partial charge on any atom is -0.323 e. The Hall–Kier alpha value is -1.26. The zero-order valence-corrected chi connectivity index (χ0v) is 10.6. The third-order valence-electron chi connectivity index (χ3n) is 3.10. The normalized spacial score (nSPS) is 19.1. The molecule has 1 aliphatic carbocycles. The second kappa shape index (κ2) is 4.20. The van der Waals surface area contributed by atoms with Crippen LogP contribution in [0.2, 0.25) is 0 Å². The highest BCUT2D eigenvalue weighted by Crippen LogP contribution is 2.36. The molecule has 17 heavy (non-hydrogen) atoms. The summed E-state index contributed by atoms with van der Waals surface area (Å²) in [5.74, 6) is 0. The van der Waals surface area contributed by atoms with E-state index in [9.17, 15) is 0 Å². The van der Waals surface area contributed by atoms with Crippen molar-refractivity contribution >= 4 is 11.3 Å². The van der Waals surface area contributed by atoms with E-state index in [4.69, 9.17) is 5.73 Å². The number of thiazole rings is 1. The van der Waals surface area contributed by atoms with Gasteiger partial charge in [0.15, 0.2) is 0 Å². The minimum absolute atomic E-state index is 0.176. The predicted octanol–water partition coefficient (Wildman–Crippen LogP) is 2.85. The van der Waals surface area contributed by atoms with Crippen LogP contribution in [-0.4, -0.2) is 9.97 Å². The largest absolute Gasteiger partial charge is 0.323 e. The first-order chi connectivity index (χ1) is 8.24. The highest BCUT2D eigenvalue weighted by atomic mass is 32.1. The van der Waals surface area contributed by atoms with E-state index in [1.807, 2.05) is 25.1 Å².